The van der Waals surface area contributed by atoms with Crippen molar-refractivity contribution in [3.05, 3.63) is 29.6 Å². The summed E-state index contributed by atoms with van der Waals surface area (Å²) in [6.45, 7) is 2.08. The van der Waals surface area contributed by atoms with Crippen molar-refractivity contribution in [3.8, 4) is 0 Å². The maximum absolute atomic E-state index is 13.8. The molecule has 5 nitrogen and oxygen atoms in total. The highest BCUT2D eigenvalue weighted by Crippen LogP contribution is 2.21. The van der Waals surface area contributed by atoms with Gasteiger partial charge in [-0.25, -0.2) is 12.8 Å². The number of rotatable bonds is 3. The van der Waals surface area contributed by atoms with Crippen molar-refractivity contribution < 1.29 is 17.6 Å². The molecule has 1 fully saturated rings. The smallest absolute Gasteiger partial charge is 0.257 e. The van der Waals surface area contributed by atoms with Gasteiger partial charge in [-0.15, -0.1) is 0 Å². The fourth-order valence-electron chi connectivity index (χ4n) is 2.45. The van der Waals surface area contributed by atoms with Gasteiger partial charge in [-0.3, -0.25) is 4.79 Å². The van der Waals surface area contributed by atoms with E-state index in [-0.39, 0.29) is 28.8 Å². The Morgan fingerprint density at radius 1 is 1.50 bits per heavy atom. The molecule has 0 saturated carbocycles. The molecular weight excluding hydrogens is 283 g/mol. The molecule has 1 aliphatic heterocycles. The minimum Gasteiger partial charge on any atom is -0.399 e. The Bertz CT molecular complexity index is 631. The highest BCUT2D eigenvalue weighted by molar-refractivity contribution is 7.91. The van der Waals surface area contributed by atoms with Gasteiger partial charge in [-0.2, -0.15) is 0 Å². The number of carbonyl (C=O) groups excluding carboxylic acids is 1. The lowest BCUT2D eigenvalue weighted by Crippen LogP contribution is -2.41. The van der Waals surface area contributed by atoms with E-state index in [9.17, 15) is 17.6 Å². The van der Waals surface area contributed by atoms with Crippen molar-refractivity contribution >= 4 is 21.4 Å². The van der Waals surface area contributed by atoms with E-state index in [2.05, 4.69) is 0 Å². The average molecular weight is 300 g/mol. The SMILES string of the molecule is CCN(C(=O)c1ccc(N)cc1F)C1CCS(=O)(=O)C1. The zero-order valence-electron chi connectivity index (χ0n) is 11.2. The van der Waals surface area contributed by atoms with Crippen molar-refractivity contribution in [1.29, 1.82) is 0 Å². The standard InChI is InChI=1S/C13H17FN2O3S/c1-2-16(10-5-6-20(18,19)8-10)13(17)11-4-3-9(15)7-12(11)14/h3-4,7,10H,2,5-6,8,15H2,1H3. The summed E-state index contributed by atoms with van der Waals surface area (Å²) in [4.78, 5) is 13.8. The van der Waals surface area contributed by atoms with Crippen molar-refractivity contribution in [2.24, 2.45) is 0 Å². The van der Waals surface area contributed by atoms with E-state index in [1.54, 1.807) is 6.92 Å². The predicted octanol–water partition coefficient (Wildman–Crippen LogP) is 1.06. The van der Waals surface area contributed by atoms with Crippen LogP contribution in [0.5, 0.6) is 0 Å². The number of hydrogen-bond donors (Lipinski definition) is 1. The van der Waals surface area contributed by atoms with Crippen LogP contribution in [0.3, 0.4) is 0 Å². The van der Waals surface area contributed by atoms with Crippen molar-refractivity contribution in [2.75, 3.05) is 23.8 Å². The normalized spacial score (nSPS) is 20.8. The highest BCUT2D eigenvalue weighted by Gasteiger charge is 2.34. The van der Waals surface area contributed by atoms with E-state index in [1.807, 2.05) is 0 Å². The molecular formula is C13H17FN2O3S. The van der Waals surface area contributed by atoms with E-state index in [0.29, 0.717) is 13.0 Å². The molecule has 0 aromatic heterocycles. The first-order valence-corrected chi connectivity index (χ1v) is 8.22. The number of sulfone groups is 1. The second-order valence-corrected chi connectivity index (χ2v) is 7.12. The zero-order chi connectivity index (χ0) is 14.9. The molecule has 1 heterocycles. The highest BCUT2D eigenvalue weighted by atomic mass is 32.2. The van der Waals surface area contributed by atoms with Crippen LogP contribution in [-0.2, 0) is 9.84 Å². The lowest BCUT2D eigenvalue weighted by molar-refractivity contribution is 0.0703. The van der Waals surface area contributed by atoms with Gasteiger partial charge >= 0.3 is 0 Å². The van der Waals surface area contributed by atoms with Gasteiger partial charge in [0.05, 0.1) is 17.1 Å². The second-order valence-electron chi connectivity index (χ2n) is 4.89. The molecule has 1 aromatic carbocycles. The van der Waals surface area contributed by atoms with Crippen LogP contribution in [0.2, 0.25) is 0 Å². The summed E-state index contributed by atoms with van der Waals surface area (Å²) in [5, 5.41) is 0. The Kier molecular flexibility index (Phi) is 3.99. The summed E-state index contributed by atoms with van der Waals surface area (Å²) in [5.41, 5.74) is 5.61. The van der Waals surface area contributed by atoms with E-state index in [0.717, 1.165) is 6.07 Å². The van der Waals surface area contributed by atoms with E-state index < -0.39 is 21.6 Å². The fourth-order valence-corrected chi connectivity index (χ4v) is 4.18. The zero-order valence-corrected chi connectivity index (χ0v) is 12.0. The first kappa shape index (κ1) is 14.8. The largest absolute Gasteiger partial charge is 0.399 e. The van der Waals surface area contributed by atoms with Gasteiger partial charge in [0.2, 0.25) is 0 Å². The predicted molar refractivity (Wildman–Crippen MR) is 74.6 cm³/mol. The average Bonchev–Trinajstić information content (AvgIpc) is 2.70. The third-order valence-electron chi connectivity index (χ3n) is 3.47. The Morgan fingerprint density at radius 2 is 2.20 bits per heavy atom. The summed E-state index contributed by atoms with van der Waals surface area (Å²) in [7, 11) is -3.09. The number of nitrogens with zero attached hydrogens (tertiary/aromatic N) is 1. The first-order valence-electron chi connectivity index (χ1n) is 6.40. The molecule has 1 atom stereocenters. The molecule has 1 unspecified atom stereocenters. The summed E-state index contributed by atoms with van der Waals surface area (Å²) in [6.07, 6.45) is 0.401. The first-order chi connectivity index (χ1) is 9.34. The Labute approximate surface area is 117 Å². The number of halogens is 1. The van der Waals surface area contributed by atoms with Crippen molar-refractivity contribution in [3.63, 3.8) is 0 Å². The minimum atomic E-state index is -3.09. The molecule has 0 radical (unpaired) electrons. The third kappa shape index (κ3) is 2.92. The fraction of sp³-hybridized carbons (Fsp3) is 0.462. The monoisotopic (exact) mass is 300 g/mol. The molecule has 1 aliphatic rings. The summed E-state index contributed by atoms with van der Waals surface area (Å²) >= 11 is 0. The van der Waals surface area contributed by atoms with Crippen LogP contribution in [-0.4, -0.2) is 43.3 Å². The van der Waals surface area contributed by atoms with Gasteiger partial charge < -0.3 is 10.6 Å². The Morgan fingerprint density at radius 3 is 2.70 bits per heavy atom. The lowest BCUT2D eigenvalue weighted by atomic mass is 10.1. The number of amides is 1. The van der Waals surface area contributed by atoms with Crippen LogP contribution >= 0.6 is 0 Å². The van der Waals surface area contributed by atoms with E-state index in [4.69, 9.17) is 5.73 Å². The third-order valence-corrected chi connectivity index (χ3v) is 5.22. The van der Waals surface area contributed by atoms with E-state index >= 15 is 0 Å². The summed E-state index contributed by atoms with van der Waals surface area (Å²) in [5.74, 6) is -1.16. The van der Waals surface area contributed by atoms with E-state index in [1.165, 1.54) is 17.0 Å². The number of benzene rings is 1. The topological polar surface area (TPSA) is 80.5 Å². The molecule has 1 saturated heterocycles. The van der Waals surface area contributed by atoms with Crippen molar-refractivity contribution in [1.82, 2.24) is 4.90 Å². The Balaban J connectivity index is 2.26. The Hall–Kier alpha value is -1.63. The number of carbonyl (C=O) groups is 1. The van der Waals surface area contributed by atoms with Gasteiger partial charge in [-0.05, 0) is 31.5 Å². The van der Waals surface area contributed by atoms with Gasteiger partial charge in [0.15, 0.2) is 9.84 Å². The molecule has 0 spiro atoms. The van der Waals surface area contributed by atoms with Gasteiger partial charge in [-0.1, -0.05) is 0 Å². The van der Waals surface area contributed by atoms with Crippen LogP contribution in [0, 0.1) is 5.82 Å². The molecule has 0 bridgehead atoms. The molecule has 20 heavy (non-hydrogen) atoms. The maximum Gasteiger partial charge on any atom is 0.257 e. The van der Waals surface area contributed by atoms with Gasteiger partial charge in [0.1, 0.15) is 5.82 Å². The number of hydrogen-bond acceptors (Lipinski definition) is 4. The molecule has 1 aromatic rings. The summed E-state index contributed by atoms with van der Waals surface area (Å²) in [6, 6.07) is 3.50. The molecule has 2 rings (SSSR count). The van der Waals surface area contributed by atoms with Crippen molar-refractivity contribution in [2.45, 2.75) is 19.4 Å². The second kappa shape index (κ2) is 5.40. The van der Waals surface area contributed by atoms with Gasteiger partial charge in [0.25, 0.3) is 5.91 Å². The van der Waals surface area contributed by atoms with Crippen LogP contribution in [0.1, 0.15) is 23.7 Å². The molecule has 1 amide bonds. The number of nitrogen functional groups attached to an aromatic ring is 1. The molecule has 110 valence electrons. The lowest BCUT2D eigenvalue weighted by Gasteiger charge is -2.27. The molecule has 2 N–H and O–H groups in total. The minimum absolute atomic E-state index is 0.0524. The molecule has 7 heteroatoms. The van der Waals surface area contributed by atoms with Crippen LogP contribution in [0.15, 0.2) is 18.2 Å². The quantitative estimate of drug-likeness (QED) is 0.846. The molecule has 0 aliphatic carbocycles. The number of anilines is 1. The van der Waals surface area contributed by atoms with Crippen LogP contribution < -0.4 is 5.73 Å². The van der Waals surface area contributed by atoms with Gasteiger partial charge in [0, 0.05) is 18.3 Å². The summed E-state index contributed by atoms with van der Waals surface area (Å²) < 4.78 is 36.8. The number of nitrogens with two attached hydrogens (primary N) is 1. The maximum atomic E-state index is 13.8. The van der Waals surface area contributed by atoms with Crippen LogP contribution in [0.25, 0.3) is 0 Å². The van der Waals surface area contributed by atoms with Crippen LogP contribution in [0.4, 0.5) is 10.1 Å².